The van der Waals surface area contributed by atoms with Crippen LogP contribution in [0.4, 0.5) is 5.69 Å². The summed E-state index contributed by atoms with van der Waals surface area (Å²) in [5.74, 6) is -0.261. The third-order valence-electron chi connectivity index (χ3n) is 4.09. The van der Waals surface area contributed by atoms with Gasteiger partial charge < -0.3 is 5.32 Å². The molecule has 1 N–H and O–H groups in total. The lowest BCUT2D eigenvalue weighted by Crippen LogP contribution is -2.35. The molecule has 0 aliphatic rings. The minimum absolute atomic E-state index is 0.0290. The first-order valence-corrected chi connectivity index (χ1v) is 10.6. The number of anilines is 1. The van der Waals surface area contributed by atoms with Gasteiger partial charge in [-0.05, 0) is 31.0 Å². The highest BCUT2D eigenvalue weighted by molar-refractivity contribution is 7.92. The maximum Gasteiger partial charge on any atom is 0.253 e. The number of para-hydroxylation sites is 1. The van der Waals surface area contributed by atoms with Crippen LogP contribution < -0.4 is 9.62 Å². The lowest BCUT2D eigenvalue weighted by Gasteiger charge is -2.25. The van der Waals surface area contributed by atoms with Gasteiger partial charge in [0.1, 0.15) is 0 Å². The summed E-state index contributed by atoms with van der Waals surface area (Å²) < 4.78 is 26.1. The van der Waals surface area contributed by atoms with Gasteiger partial charge in [-0.15, -0.1) is 0 Å². The molecule has 2 aromatic carbocycles. The van der Waals surface area contributed by atoms with Crippen LogP contribution in [0.5, 0.6) is 0 Å². The molecule has 0 radical (unpaired) electrons. The van der Waals surface area contributed by atoms with Crippen LogP contribution in [0.1, 0.15) is 42.6 Å². The smallest absolute Gasteiger partial charge is 0.253 e. The summed E-state index contributed by atoms with van der Waals surface area (Å²) in [6.07, 6.45) is 2.99. The average Bonchev–Trinajstić information content (AvgIpc) is 2.60. The van der Waals surface area contributed by atoms with Gasteiger partial charge in [0.2, 0.25) is 10.0 Å². The number of nitrogens with one attached hydrogen (secondary N) is 1. The zero-order valence-corrected chi connectivity index (χ0v) is 16.3. The number of hydrogen-bond donors (Lipinski definition) is 1. The topological polar surface area (TPSA) is 66.5 Å². The van der Waals surface area contributed by atoms with Crippen molar-refractivity contribution in [2.24, 2.45) is 0 Å². The number of rotatable bonds is 8. The lowest BCUT2D eigenvalue weighted by molar-refractivity contribution is 0.0939. The molecule has 5 nitrogen and oxygen atoms in total. The van der Waals surface area contributed by atoms with E-state index in [9.17, 15) is 13.2 Å². The molecule has 0 aliphatic carbocycles. The van der Waals surface area contributed by atoms with Crippen molar-refractivity contribution < 1.29 is 13.2 Å². The highest BCUT2D eigenvalue weighted by Crippen LogP contribution is 2.25. The van der Waals surface area contributed by atoms with E-state index in [-0.39, 0.29) is 18.5 Å². The van der Waals surface area contributed by atoms with Gasteiger partial charge >= 0.3 is 0 Å². The highest BCUT2D eigenvalue weighted by Gasteiger charge is 2.23. The molecular weight excluding hydrogens is 348 g/mol. The maximum atomic E-state index is 12.7. The number of sulfonamides is 1. The van der Waals surface area contributed by atoms with Crippen LogP contribution in [0.25, 0.3) is 0 Å². The third kappa shape index (κ3) is 5.33. The Bertz CT molecular complexity index is 835. The summed E-state index contributed by atoms with van der Waals surface area (Å²) in [5, 5.41) is 2.95. The normalized spacial score (nSPS) is 12.4. The average molecular weight is 375 g/mol. The molecular formula is C20H26N2O3S. The minimum atomic E-state index is -3.56. The zero-order valence-electron chi connectivity index (χ0n) is 15.5. The predicted octanol–water partition coefficient (Wildman–Crippen LogP) is 3.57. The first-order valence-electron chi connectivity index (χ1n) is 8.74. The molecule has 0 saturated heterocycles. The van der Waals surface area contributed by atoms with Gasteiger partial charge in [-0.1, -0.05) is 55.8 Å². The molecule has 2 rings (SSSR count). The second-order valence-corrected chi connectivity index (χ2v) is 8.34. The fraction of sp³-hybridized carbons (Fsp3) is 0.350. The van der Waals surface area contributed by atoms with Gasteiger partial charge in [0, 0.05) is 6.04 Å². The van der Waals surface area contributed by atoms with Crippen molar-refractivity contribution in [1.29, 1.82) is 0 Å². The Labute approximate surface area is 156 Å². The fourth-order valence-corrected chi connectivity index (χ4v) is 3.72. The first kappa shape index (κ1) is 20.0. The summed E-state index contributed by atoms with van der Waals surface area (Å²) in [5.41, 5.74) is 1.60. The summed E-state index contributed by atoms with van der Waals surface area (Å²) in [6.45, 7) is 4.18. The predicted molar refractivity (Wildman–Crippen MR) is 106 cm³/mol. The van der Waals surface area contributed by atoms with Crippen molar-refractivity contribution in [2.75, 3.05) is 10.6 Å². The number of amides is 1. The van der Waals surface area contributed by atoms with E-state index in [4.69, 9.17) is 0 Å². The van der Waals surface area contributed by atoms with Crippen LogP contribution >= 0.6 is 0 Å². The van der Waals surface area contributed by atoms with Crippen molar-refractivity contribution in [3.05, 3.63) is 65.7 Å². The van der Waals surface area contributed by atoms with Crippen molar-refractivity contribution in [1.82, 2.24) is 5.32 Å². The number of carbonyl (C=O) groups is 1. The molecule has 26 heavy (non-hydrogen) atoms. The first-order chi connectivity index (χ1) is 12.3. The van der Waals surface area contributed by atoms with Crippen molar-refractivity contribution >= 4 is 21.6 Å². The molecule has 140 valence electrons. The number of benzene rings is 2. The second kappa shape index (κ2) is 8.85. The molecule has 2 aromatic rings. The number of carbonyl (C=O) groups excluding carboxylic acids is 1. The van der Waals surface area contributed by atoms with Crippen LogP contribution in [0.3, 0.4) is 0 Å². The van der Waals surface area contributed by atoms with Crippen LogP contribution in [-0.2, 0) is 16.6 Å². The quantitative estimate of drug-likeness (QED) is 0.768. The Morgan fingerprint density at radius 2 is 1.69 bits per heavy atom. The van der Waals surface area contributed by atoms with E-state index in [0.29, 0.717) is 11.3 Å². The summed E-state index contributed by atoms with van der Waals surface area (Å²) in [4.78, 5) is 12.7. The van der Waals surface area contributed by atoms with Gasteiger partial charge in [0.15, 0.2) is 0 Å². The summed E-state index contributed by atoms with van der Waals surface area (Å²) in [6, 6.07) is 16.2. The standard InChI is InChI=1S/C20H26N2O3S/c1-4-10-16(2)21-20(23)18-13-8-9-14-19(18)22(26(3,24)25)15-17-11-6-5-7-12-17/h5-9,11-14,16H,4,10,15H2,1-3H3,(H,21,23)/t16-/m0/s1. The Kier molecular flexibility index (Phi) is 6.80. The van der Waals surface area contributed by atoms with Crippen molar-refractivity contribution in [3.63, 3.8) is 0 Å². The molecule has 0 fully saturated rings. The molecule has 0 bridgehead atoms. The second-order valence-electron chi connectivity index (χ2n) is 6.44. The summed E-state index contributed by atoms with van der Waals surface area (Å²) >= 11 is 0. The van der Waals surface area contributed by atoms with E-state index >= 15 is 0 Å². The van der Waals surface area contributed by atoms with E-state index in [2.05, 4.69) is 12.2 Å². The Balaban J connectivity index is 2.38. The molecule has 0 spiro atoms. The van der Waals surface area contributed by atoms with Crippen LogP contribution in [0.15, 0.2) is 54.6 Å². The van der Waals surface area contributed by atoms with Gasteiger partial charge in [-0.2, -0.15) is 0 Å². The Morgan fingerprint density at radius 3 is 2.31 bits per heavy atom. The third-order valence-corrected chi connectivity index (χ3v) is 5.21. The molecule has 1 atom stereocenters. The van der Waals surface area contributed by atoms with Gasteiger partial charge in [0.25, 0.3) is 5.91 Å². The van der Waals surface area contributed by atoms with Crippen LogP contribution in [0.2, 0.25) is 0 Å². The van der Waals surface area contributed by atoms with Gasteiger partial charge in [0.05, 0.1) is 24.1 Å². The van der Waals surface area contributed by atoms with E-state index in [1.807, 2.05) is 37.3 Å². The lowest BCUT2D eigenvalue weighted by atomic mass is 10.1. The number of hydrogen-bond acceptors (Lipinski definition) is 3. The highest BCUT2D eigenvalue weighted by atomic mass is 32.2. The van der Waals surface area contributed by atoms with Crippen LogP contribution in [0, 0.1) is 0 Å². The minimum Gasteiger partial charge on any atom is -0.350 e. The maximum absolute atomic E-state index is 12.7. The van der Waals surface area contributed by atoms with E-state index in [0.717, 1.165) is 24.7 Å². The molecule has 0 aliphatic heterocycles. The SMILES string of the molecule is CCC[C@H](C)NC(=O)c1ccccc1N(Cc1ccccc1)S(C)(=O)=O. The molecule has 0 aromatic heterocycles. The fourth-order valence-electron chi connectivity index (χ4n) is 2.82. The van der Waals surface area contributed by atoms with Crippen molar-refractivity contribution in [3.8, 4) is 0 Å². The Morgan fingerprint density at radius 1 is 1.08 bits per heavy atom. The van der Waals surface area contributed by atoms with Crippen molar-refractivity contribution in [2.45, 2.75) is 39.3 Å². The largest absolute Gasteiger partial charge is 0.350 e. The molecule has 6 heteroatoms. The van der Waals surface area contributed by atoms with E-state index in [1.54, 1.807) is 24.3 Å². The number of nitrogens with zero attached hydrogens (tertiary/aromatic N) is 1. The van der Waals surface area contributed by atoms with Gasteiger partial charge in [-0.3, -0.25) is 9.10 Å². The van der Waals surface area contributed by atoms with E-state index in [1.165, 1.54) is 4.31 Å². The van der Waals surface area contributed by atoms with Gasteiger partial charge in [-0.25, -0.2) is 8.42 Å². The molecule has 0 unspecified atom stereocenters. The molecule has 1 amide bonds. The zero-order chi connectivity index (χ0) is 19.2. The molecule has 0 saturated carbocycles. The van der Waals surface area contributed by atoms with E-state index < -0.39 is 10.0 Å². The summed E-state index contributed by atoms with van der Waals surface area (Å²) in [7, 11) is -3.56. The monoisotopic (exact) mass is 374 g/mol. The Hall–Kier alpha value is -2.34. The van der Waals surface area contributed by atoms with Crippen LogP contribution in [-0.4, -0.2) is 26.6 Å². The molecule has 0 heterocycles.